The van der Waals surface area contributed by atoms with Gasteiger partial charge in [-0.3, -0.25) is 0 Å². The fourth-order valence-corrected chi connectivity index (χ4v) is 8.15. The van der Waals surface area contributed by atoms with Crippen LogP contribution in [-0.2, 0) is 0 Å². The predicted molar refractivity (Wildman–Crippen MR) is 229 cm³/mol. The fraction of sp³-hybridized carbons (Fsp3) is 0. The highest BCUT2D eigenvalue weighted by molar-refractivity contribution is 6.13. The smallest absolute Gasteiger partial charge is 0.227 e. The number of para-hydroxylation sites is 2. The number of benzene rings is 9. The minimum atomic E-state index is 0.597. The van der Waals surface area contributed by atoms with Gasteiger partial charge in [-0.2, -0.15) is 0 Å². The molecule has 0 aliphatic rings. The minimum absolute atomic E-state index is 0.597. The lowest BCUT2D eigenvalue weighted by molar-refractivity contribution is 0.620. The van der Waals surface area contributed by atoms with Gasteiger partial charge in [0.15, 0.2) is 5.58 Å². The summed E-state index contributed by atoms with van der Waals surface area (Å²) < 4.78 is 9.19. The van der Waals surface area contributed by atoms with Crippen LogP contribution in [0.4, 0.5) is 17.1 Å². The first-order valence-corrected chi connectivity index (χ1v) is 18.6. The maximum absolute atomic E-state index is 6.82. The summed E-state index contributed by atoms with van der Waals surface area (Å²) in [6.45, 7) is 0. The van der Waals surface area contributed by atoms with Gasteiger partial charge in [0.1, 0.15) is 5.52 Å². The van der Waals surface area contributed by atoms with Gasteiger partial charge in [-0.1, -0.05) is 133 Å². The number of rotatable bonds is 6. The Kier molecular flexibility index (Phi) is 7.14. The van der Waals surface area contributed by atoms with Crippen LogP contribution in [0, 0.1) is 0 Å². The van der Waals surface area contributed by atoms with Crippen LogP contribution in [0.15, 0.2) is 205 Å². The zero-order valence-corrected chi connectivity index (χ0v) is 29.8. The first kappa shape index (κ1) is 31.1. The Morgan fingerprint density at radius 3 is 1.87 bits per heavy atom. The average Bonchev–Trinajstić information content (AvgIpc) is 3.85. The Bertz CT molecular complexity index is 3200. The second-order valence-electron chi connectivity index (χ2n) is 14.0. The van der Waals surface area contributed by atoms with Crippen molar-refractivity contribution in [3.63, 3.8) is 0 Å². The maximum Gasteiger partial charge on any atom is 0.227 e. The van der Waals surface area contributed by atoms with Crippen molar-refractivity contribution in [2.75, 3.05) is 4.90 Å². The van der Waals surface area contributed by atoms with Crippen molar-refractivity contribution in [3.05, 3.63) is 200 Å². The highest BCUT2D eigenvalue weighted by Gasteiger charge is 2.23. The summed E-state index contributed by atoms with van der Waals surface area (Å²) in [5, 5.41) is 7.03. The first-order valence-electron chi connectivity index (χ1n) is 18.6. The van der Waals surface area contributed by atoms with Crippen molar-refractivity contribution < 1.29 is 4.42 Å². The number of hydrogen-bond acceptors (Lipinski definition) is 3. The van der Waals surface area contributed by atoms with Crippen LogP contribution >= 0.6 is 0 Å². The molecule has 0 unspecified atom stereocenters. The Labute approximate surface area is 317 Å². The molecular weight excluding hydrogens is 671 g/mol. The molecule has 2 heterocycles. The van der Waals surface area contributed by atoms with Gasteiger partial charge in [-0.15, -0.1) is 0 Å². The maximum atomic E-state index is 6.82. The van der Waals surface area contributed by atoms with Crippen LogP contribution in [0.5, 0.6) is 0 Å². The van der Waals surface area contributed by atoms with E-state index in [4.69, 9.17) is 9.40 Å². The van der Waals surface area contributed by atoms with Gasteiger partial charge in [0.2, 0.25) is 5.89 Å². The van der Waals surface area contributed by atoms with Crippen molar-refractivity contribution in [1.29, 1.82) is 0 Å². The van der Waals surface area contributed by atoms with Gasteiger partial charge in [-0.05, 0) is 94.0 Å². The average molecular weight is 704 g/mol. The van der Waals surface area contributed by atoms with E-state index in [9.17, 15) is 0 Å². The molecule has 0 aliphatic carbocycles. The molecule has 0 amide bonds. The van der Waals surface area contributed by atoms with Gasteiger partial charge in [0, 0.05) is 38.8 Å². The molecule has 258 valence electrons. The third kappa shape index (κ3) is 5.19. The molecule has 0 N–H and O–H groups in total. The van der Waals surface area contributed by atoms with E-state index in [0.29, 0.717) is 5.89 Å². The number of fused-ring (bicyclic) bond motifs is 7. The molecule has 0 aliphatic heterocycles. The molecule has 4 heteroatoms. The van der Waals surface area contributed by atoms with Crippen LogP contribution < -0.4 is 4.90 Å². The number of nitrogens with zero attached hydrogens (tertiary/aromatic N) is 3. The highest BCUT2D eigenvalue weighted by Crippen LogP contribution is 2.45. The quantitative estimate of drug-likeness (QED) is 0.173. The molecule has 0 bridgehead atoms. The fourth-order valence-electron chi connectivity index (χ4n) is 8.15. The van der Waals surface area contributed by atoms with E-state index in [0.717, 1.165) is 61.3 Å². The molecule has 0 saturated carbocycles. The van der Waals surface area contributed by atoms with Gasteiger partial charge in [-0.25, -0.2) is 4.98 Å². The van der Waals surface area contributed by atoms with E-state index in [1.165, 1.54) is 32.6 Å². The molecule has 0 atom stereocenters. The van der Waals surface area contributed by atoms with E-state index < -0.39 is 0 Å². The van der Waals surface area contributed by atoms with Crippen molar-refractivity contribution in [3.8, 4) is 28.3 Å². The number of anilines is 3. The Balaban J connectivity index is 1.17. The van der Waals surface area contributed by atoms with E-state index in [-0.39, 0.29) is 0 Å². The predicted octanol–water partition coefficient (Wildman–Crippen LogP) is 14.0. The summed E-state index contributed by atoms with van der Waals surface area (Å²) in [4.78, 5) is 7.48. The largest absolute Gasteiger partial charge is 0.434 e. The lowest BCUT2D eigenvalue weighted by atomic mass is 10.0. The summed E-state index contributed by atoms with van der Waals surface area (Å²) in [5.74, 6) is 0.597. The van der Waals surface area contributed by atoms with Crippen molar-refractivity contribution in [2.45, 2.75) is 0 Å². The lowest BCUT2D eigenvalue weighted by Crippen LogP contribution is -2.10. The molecule has 11 aromatic rings. The van der Waals surface area contributed by atoms with Crippen LogP contribution in [0.1, 0.15) is 0 Å². The first-order chi connectivity index (χ1) is 27.3. The van der Waals surface area contributed by atoms with Gasteiger partial charge in [0.05, 0.1) is 16.7 Å². The van der Waals surface area contributed by atoms with Crippen molar-refractivity contribution in [2.24, 2.45) is 0 Å². The van der Waals surface area contributed by atoms with Gasteiger partial charge in [0.25, 0.3) is 0 Å². The standard InChI is InChI=1S/C51H33N3O/c1-3-14-36(15-4-1)51-52-49-43-20-10-9-17-39(43)32-48(50(49)55-51)53(41-27-25-35(26-28-41)38-24-23-34-13-7-8-16-37(34)31-38)42-29-30-45-44-21-11-12-22-46(44)54(47(45)33-42)40-18-5-2-6-19-40/h1-33H. The third-order valence-electron chi connectivity index (χ3n) is 10.8. The van der Waals surface area contributed by atoms with E-state index in [1.807, 2.05) is 30.3 Å². The Morgan fingerprint density at radius 1 is 0.418 bits per heavy atom. The van der Waals surface area contributed by atoms with Crippen LogP contribution in [-0.4, -0.2) is 9.55 Å². The van der Waals surface area contributed by atoms with Crippen LogP contribution in [0.25, 0.3) is 82.7 Å². The van der Waals surface area contributed by atoms with E-state index in [2.05, 4.69) is 179 Å². The molecule has 0 spiro atoms. The summed E-state index contributed by atoms with van der Waals surface area (Å²) in [6, 6.07) is 71.0. The zero-order valence-electron chi connectivity index (χ0n) is 29.8. The minimum Gasteiger partial charge on any atom is -0.434 e. The second kappa shape index (κ2) is 12.6. The number of oxazole rings is 1. The highest BCUT2D eigenvalue weighted by atomic mass is 16.3. The lowest BCUT2D eigenvalue weighted by Gasteiger charge is -2.26. The van der Waals surface area contributed by atoms with Crippen molar-refractivity contribution in [1.82, 2.24) is 9.55 Å². The molecule has 4 nitrogen and oxygen atoms in total. The van der Waals surface area contributed by atoms with Crippen LogP contribution in [0.3, 0.4) is 0 Å². The second-order valence-corrected chi connectivity index (χ2v) is 14.0. The molecule has 0 fully saturated rings. The molecule has 2 aromatic heterocycles. The molecule has 55 heavy (non-hydrogen) atoms. The topological polar surface area (TPSA) is 34.2 Å². The monoisotopic (exact) mass is 703 g/mol. The third-order valence-corrected chi connectivity index (χ3v) is 10.8. The van der Waals surface area contributed by atoms with Crippen molar-refractivity contribution >= 4 is 71.5 Å². The molecule has 9 aromatic carbocycles. The van der Waals surface area contributed by atoms with Crippen LogP contribution in [0.2, 0.25) is 0 Å². The van der Waals surface area contributed by atoms with Gasteiger partial charge < -0.3 is 13.9 Å². The van der Waals surface area contributed by atoms with E-state index >= 15 is 0 Å². The molecule has 0 radical (unpaired) electrons. The summed E-state index contributed by atoms with van der Waals surface area (Å²) in [7, 11) is 0. The number of hydrogen-bond donors (Lipinski definition) is 0. The number of aromatic nitrogens is 2. The molecule has 11 rings (SSSR count). The normalized spacial score (nSPS) is 11.6. The Hall–Kier alpha value is -7.43. The zero-order chi connectivity index (χ0) is 36.3. The summed E-state index contributed by atoms with van der Waals surface area (Å²) in [6.07, 6.45) is 0. The SMILES string of the molecule is c1ccc(-c2nc3c(o2)c(N(c2ccc(-c4ccc5ccccc5c4)cc2)c2ccc4c5ccccc5n(-c5ccccc5)c4c2)cc2ccccc23)cc1. The van der Waals surface area contributed by atoms with E-state index in [1.54, 1.807) is 0 Å². The molecular formula is C51H33N3O. The molecule has 0 saturated heterocycles. The van der Waals surface area contributed by atoms with Gasteiger partial charge >= 0.3 is 0 Å². The Morgan fingerprint density at radius 2 is 1.05 bits per heavy atom. The summed E-state index contributed by atoms with van der Waals surface area (Å²) in [5.41, 5.74) is 11.2. The summed E-state index contributed by atoms with van der Waals surface area (Å²) >= 11 is 0.